The largest absolute Gasteiger partial charge is 0.481 e. The van der Waals surface area contributed by atoms with Crippen molar-refractivity contribution in [2.24, 2.45) is 5.41 Å². The molecule has 1 aliphatic carbocycles. The minimum Gasteiger partial charge on any atom is -0.481 e. The van der Waals surface area contributed by atoms with Crippen molar-refractivity contribution in [2.45, 2.75) is 64.2 Å². The number of carbonyl (C=O) groups excluding carboxylic acids is 1. The van der Waals surface area contributed by atoms with E-state index in [4.69, 9.17) is 9.84 Å². The third-order valence-electron chi connectivity index (χ3n) is 5.51. The van der Waals surface area contributed by atoms with Gasteiger partial charge in [0.1, 0.15) is 0 Å². The number of rotatable bonds is 6. The van der Waals surface area contributed by atoms with E-state index in [9.17, 15) is 9.59 Å². The molecule has 3 aliphatic rings. The van der Waals surface area contributed by atoms with Crippen LogP contribution in [0.3, 0.4) is 0 Å². The van der Waals surface area contributed by atoms with E-state index >= 15 is 0 Å². The molecule has 0 spiro atoms. The van der Waals surface area contributed by atoms with Gasteiger partial charge in [0.05, 0.1) is 13.0 Å². The number of cyclic esters (lactones) is 1. The van der Waals surface area contributed by atoms with Gasteiger partial charge in [0, 0.05) is 25.1 Å². The van der Waals surface area contributed by atoms with Crippen LogP contribution in [0.2, 0.25) is 0 Å². The topological polar surface area (TPSA) is 87.7 Å². The van der Waals surface area contributed by atoms with E-state index in [0.717, 1.165) is 31.3 Å². The van der Waals surface area contributed by atoms with Gasteiger partial charge in [0.2, 0.25) is 0 Å². The van der Waals surface area contributed by atoms with Crippen molar-refractivity contribution >= 4 is 11.9 Å². The lowest BCUT2D eigenvalue weighted by Crippen LogP contribution is -2.38. The van der Waals surface area contributed by atoms with Gasteiger partial charge < -0.3 is 20.5 Å². The van der Waals surface area contributed by atoms with Crippen LogP contribution in [-0.2, 0) is 14.3 Å². The van der Waals surface area contributed by atoms with Gasteiger partial charge in [-0.3, -0.25) is 4.79 Å². The molecule has 0 aromatic carbocycles. The molecule has 148 valence electrons. The van der Waals surface area contributed by atoms with E-state index in [1.54, 1.807) is 0 Å². The number of piperidine rings is 1. The Morgan fingerprint density at radius 1 is 1.15 bits per heavy atom. The molecule has 1 saturated carbocycles. The summed E-state index contributed by atoms with van der Waals surface area (Å²) in [6.45, 7) is 4.29. The van der Waals surface area contributed by atoms with Crippen LogP contribution in [-0.4, -0.2) is 49.8 Å². The Hall–Kier alpha value is -1.40. The SMILES string of the molecule is C1CCNCC1.O=C(O)CC1(CNCC=C2CCOC2=O)CCCCC1. The summed E-state index contributed by atoms with van der Waals surface area (Å²) < 4.78 is 4.87. The molecule has 0 atom stereocenters. The van der Waals surface area contributed by atoms with Crippen molar-refractivity contribution in [3.8, 4) is 0 Å². The van der Waals surface area contributed by atoms with Crippen LogP contribution in [0.15, 0.2) is 11.6 Å². The van der Waals surface area contributed by atoms with Gasteiger partial charge in [-0.25, -0.2) is 4.79 Å². The van der Waals surface area contributed by atoms with E-state index in [-0.39, 0.29) is 17.8 Å². The van der Waals surface area contributed by atoms with Gasteiger partial charge in [-0.1, -0.05) is 31.8 Å². The molecule has 0 amide bonds. The van der Waals surface area contributed by atoms with Crippen molar-refractivity contribution in [1.29, 1.82) is 0 Å². The molecule has 0 radical (unpaired) electrons. The van der Waals surface area contributed by atoms with Crippen LogP contribution in [0.5, 0.6) is 0 Å². The highest BCUT2D eigenvalue weighted by Crippen LogP contribution is 2.38. The normalized spacial score (nSPS) is 23.8. The number of carboxylic acids is 1. The Labute approximate surface area is 156 Å². The van der Waals surface area contributed by atoms with Gasteiger partial charge in [0.15, 0.2) is 0 Å². The predicted molar refractivity (Wildman–Crippen MR) is 101 cm³/mol. The molecule has 0 aromatic rings. The Balaban J connectivity index is 0.000000342. The summed E-state index contributed by atoms with van der Waals surface area (Å²) >= 11 is 0. The minimum atomic E-state index is -0.716. The molecule has 6 nitrogen and oxygen atoms in total. The fraction of sp³-hybridized carbons (Fsp3) is 0.800. The zero-order chi connectivity index (χ0) is 18.7. The molecule has 2 saturated heterocycles. The van der Waals surface area contributed by atoms with Crippen molar-refractivity contribution < 1.29 is 19.4 Å². The summed E-state index contributed by atoms with van der Waals surface area (Å²) in [4.78, 5) is 22.3. The van der Waals surface area contributed by atoms with Crippen molar-refractivity contribution in [3.05, 3.63) is 11.6 Å². The zero-order valence-electron chi connectivity index (χ0n) is 15.9. The number of hydrogen-bond donors (Lipinski definition) is 3. The van der Waals surface area contributed by atoms with E-state index in [1.807, 2.05) is 6.08 Å². The quantitative estimate of drug-likeness (QED) is 0.380. The number of esters is 1. The fourth-order valence-electron chi connectivity index (χ4n) is 4.01. The van der Waals surface area contributed by atoms with Gasteiger partial charge >= 0.3 is 11.9 Å². The highest BCUT2D eigenvalue weighted by molar-refractivity contribution is 5.90. The van der Waals surface area contributed by atoms with E-state index in [2.05, 4.69) is 10.6 Å². The Bertz CT molecular complexity index is 469. The Kier molecular flexibility index (Phi) is 9.12. The lowest BCUT2D eigenvalue weighted by molar-refractivity contribution is -0.140. The average Bonchev–Trinajstić information content (AvgIpc) is 3.06. The number of nitrogens with one attached hydrogen (secondary N) is 2. The standard InChI is InChI=1S/C15H23NO4.C5H11N/c17-13(18)10-15(6-2-1-3-7-15)11-16-8-4-12-5-9-20-14(12)19;1-2-4-6-5-3-1/h4,16H,1-3,5-11H2,(H,17,18);6H,1-5H2. The lowest BCUT2D eigenvalue weighted by Gasteiger charge is -2.36. The molecule has 0 bridgehead atoms. The molecule has 3 fully saturated rings. The van der Waals surface area contributed by atoms with Gasteiger partial charge in [-0.05, 0) is 44.2 Å². The smallest absolute Gasteiger partial charge is 0.333 e. The minimum absolute atomic E-state index is 0.112. The molecule has 0 unspecified atom stereocenters. The Morgan fingerprint density at radius 2 is 1.85 bits per heavy atom. The van der Waals surface area contributed by atoms with Crippen molar-refractivity contribution in [2.75, 3.05) is 32.8 Å². The molecule has 6 heteroatoms. The molecule has 2 aliphatic heterocycles. The van der Waals surface area contributed by atoms with E-state index in [1.165, 1.54) is 38.8 Å². The van der Waals surface area contributed by atoms with E-state index in [0.29, 0.717) is 26.1 Å². The first-order valence-corrected chi connectivity index (χ1v) is 10.1. The summed E-state index contributed by atoms with van der Waals surface area (Å²) in [5.41, 5.74) is 0.618. The third kappa shape index (κ3) is 7.46. The maximum absolute atomic E-state index is 11.3. The number of aliphatic carboxylic acids is 1. The second-order valence-corrected chi connectivity index (χ2v) is 7.69. The van der Waals surface area contributed by atoms with E-state index < -0.39 is 5.97 Å². The number of hydrogen-bond acceptors (Lipinski definition) is 5. The van der Waals surface area contributed by atoms with Crippen LogP contribution in [0, 0.1) is 5.41 Å². The molecule has 0 aromatic heterocycles. The average molecular weight is 367 g/mol. The maximum atomic E-state index is 11.3. The van der Waals surface area contributed by atoms with Crippen molar-refractivity contribution in [1.82, 2.24) is 10.6 Å². The van der Waals surface area contributed by atoms with Crippen LogP contribution in [0.4, 0.5) is 0 Å². The number of carbonyl (C=O) groups is 2. The predicted octanol–water partition coefficient (Wildman–Crippen LogP) is 2.63. The summed E-state index contributed by atoms with van der Waals surface area (Å²) in [6.07, 6.45) is 12.4. The molecular formula is C20H34N2O4. The monoisotopic (exact) mass is 366 g/mol. The fourth-order valence-corrected chi connectivity index (χ4v) is 4.01. The molecule has 3 rings (SSSR count). The second kappa shape index (κ2) is 11.3. The molecule has 26 heavy (non-hydrogen) atoms. The first-order chi connectivity index (χ1) is 12.6. The van der Waals surface area contributed by atoms with Crippen LogP contribution >= 0.6 is 0 Å². The van der Waals surface area contributed by atoms with Crippen LogP contribution < -0.4 is 10.6 Å². The highest BCUT2D eigenvalue weighted by atomic mass is 16.5. The first-order valence-electron chi connectivity index (χ1n) is 10.1. The molecule has 3 N–H and O–H groups in total. The lowest BCUT2D eigenvalue weighted by atomic mass is 9.71. The van der Waals surface area contributed by atoms with Crippen LogP contribution in [0.1, 0.15) is 64.2 Å². The highest BCUT2D eigenvalue weighted by Gasteiger charge is 2.33. The Morgan fingerprint density at radius 3 is 2.35 bits per heavy atom. The summed E-state index contributed by atoms with van der Waals surface area (Å²) in [5.74, 6) is -0.934. The summed E-state index contributed by atoms with van der Waals surface area (Å²) in [6, 6.07) is 0. The van der Waals surface area contributed by atoms with Crippen LogP contribution in [0.25, 0.3) is 0 Å². The van der Waals surface area contributed by atoms with Gasteiger partial charge in [0.25, 0.3) is 0 Å². The maximum Gasteiger partial charge on any atom is 0.333 e. The molecular weight excluding hydrogens is 332 g/mol. The second-order valence-electron chi connectivity index (χ2n) is 7.69. The number of ether oxygens (including phenoxy) is 1. The van der Waals surface area contributed by atoms with Gasteiger partial charge in [-0.2, -0.15) is 0 Å². The summed E-state index contributed by atoms with van der Waals surface area (Å²) in [5, 5.41) is 15.7. The number of carboxylic acid groups (broad SMARTS) is 1. The van der Waals surface area contributed by atoms with Gasteiger partial charge in [-0.15, -0.1) is 0 Å². The summed E-state index contributed by atoms with van der Waals surface area (Å²) in [7, 11) is 0. The third-order valence-corrected chi connectivity index (χ3v) is 5.51. The van der Waals surface area contributed by atoms with Crippen molar-refractivity contribution in [3.63, 3.8) is 0 Å². The first kappa shape index (κ1) is 20.9. The molecule has 2 heterocycles. The zero-order valence-corrected chi connectivity index (χ0v) is 15.9.